The van der Waals surface area contributed by atoms with E-state index in [1.165, 1.54) is 27.7 Å². The van der Waals surface area contributed by atoms with Gasteiger partial charge >= 0.3 is 0 Å². The Morgan fingerprint density at radius 1 is 1.26 bits per heavy atom. The molecule has 27 heavy (non-hydrogen) atoms. The Morgan fingerprint density at radius 2 is 2.04 bits per heavy atom. The topological polar surface area (TPSA) is 79.4 Å². The molecule has 1 saturated heterocycles. The molecule has 2 aromatic rings. The normalized spacial score (nSPS) is 18.2. The number of carbonyl (C=O) groups is 1. The van der Waals surface area contributed by atoms with Crippen molar-refractivity contribution >= 4 is 15.9 Å². The zero-order valence-electron chi connectivity index (χ0n) is 15.5. The number of amides is 1. The van der Waals surface area contributed by atoms with Gasteiger partial charge in [0.2, 0.25) is 15.9 Å². The minimum atomic E-state index is -3.61. The molecule has 1 N–H and O–H groups in total. The van der Waals surface area contributed by atoms with Crippen LogP contribution in [0.25, 0.3) is 0 Å². The van der Waals surface area contributed by atoms with Gasteiger partial charge in [0.25, 0.3) is 0 Å². The number of carbonyl (C=O) groups excluding carboxylic acids is 1. The van der Waals surface area contributed by atoms with Crippen molar-refractivity contribution in [3.05, 3.63) is 59.9 Å². The third kappa shape index (κ3) is 4.93. The minimum Gasteiger partial charge on any atom is -0.355 e. The fourth-order valence-corrected chi connectivity index (χ4v) is 4.74. The Hall–Kier alpha value is -2.25. The summed E-state index contributed by atoms with van der Waals surface area (Å²) in [5.74, 6) is -0.392. The van der Waals surface area contributed by atoms with Gasteiger partial charge in [-0.15, -0.1) is 0 Å². The number of pyridine rings is 1. The average molecular weight is 388 g/mol. The van der Waals surface area contributed by atoms with Gasteiger partial charge in [-0.05, 0) is 43.9 Å². The fraction of sp³-hybridized carbons (Fsp3) is 0.400. The number of nitrogens with one attached hydrogen (secondary N) is 1. The van der Waals surface area contributed by atoms with Crippen LogP contribution in [0.1, 0.15) is 24.0 Å². The minimum absolute atomic E-state index is 0.0757. The molecular formula is C20H25N3O3S. The first kappa shape index (κ1) is 19.5. The van der Waals surface area contributed by atoms with E-state index >= 15 is 0 Å². The van der Waals surface area contributed by atoms with Gasteiger partial charge in [0, 0.05) is 32.0 Å². The van der Waals surface area contributed by atoms with Crippen molar-refractivity contribution in [1.82, 2.24) is 14.6 Å². The third-order valence-corrected chi connectivity index (χ3v) is 6.71. The van der Waals surface area contributed by atoms with Crippen LogP contribution < -0.4 is 5.32 Å². The second kappa shape index (κ2) is 8.63. The maximum Gasteiger partial charge on any atom is 0.244 e. The summed E-state index contributed by atoms with van der Waals surface area (Å²) in [6, 6.07) is 11.4. The molecule has 144 valence electrons. The molecule has 2 heterocycles. The second-order valence-corrected chi connectivity index (χ2v) is 8.86. The van der Waals surface area contributed by atoms with E-state index in [-0.39, 0.29) is 23.3 Å². The monoisotopic (exact) mass is 387 g/mol. The number of sulfonamides is 1. The highest BCUT2D eigenvalue weighted by atomic mass is 32.2. The Balaban J connectivity index is 1.55. The lowest BCUT2D eigenvalue weighted by atomic mass is 9.98. The van der Waals surface area contributed by atoms with Crippen molar-refractivity contribution in [2.24, 2.45) is 5.92 Å². The smallest absolute Gasteiger partial charge is 0.244 e. The van der Waals surface area contributed by atoms with Gasteiger partial charge in [0.15, 0.2) is 0 Å². The summed E-state index contributed by atoms with van der Waals surface area (Å²) in [5.41, 5.74) is 2.38. The maximum atomic E-state index is 12.7. The molecule has 3 rings (SSSR count). The molecule has 0 bridgehead atoms. The second-order valence-electron chi connectivity index (χ2n) is 6.92. The molecule has 0 saturated carbocycles. The molecule has 7 heteroatoms. The summed E-state index contributed by atoms with van der Waals surface area (Å²) in [5, 5.41) is 2.95. The molecule has 0 aliphatic carbocycles. The molecule has 1 amide bonds. The van der Waals surface area contributed by atoms with Crippen molar-refractivity contribution in [3.8, 4) is 0 Å². The highest BCUT2D eigenvalue weighted by molar-refractivity contribution is 7.89. The number of nitrogens with zero attached hydrogens (tertiary/aromatic N) is 2. The van der Waals surface area contributed by atoms with E-state index in [0.29, 0.717) is 25.9 Å². The van der Waals surface area contributed by atoms with Gasteiger partial charge in [0.05, 0.1) is 5.92 Å². The van der Waals surface area contributed by atoms with Crippen LogP contribution in [0.5, 0.6) is 0 Å². The molecule has 6 nitrogen and oxygen atoms in total. The van der Waals surface area contributed by atoms with E-state index in [0.717, 1.165) is 6.42 Å². The van der Waals surface area contributed by atoms with Crippen molar-refractivity contribution in [2.75, 3.05) is 19.6 Å². The van der Waals surface area contributed by atoms with Gasteiger partial charge in [-0.3, -0.25) is 9.78 Å². The lowest BCUT2D eigenvalue weighted by Gasteiger charge is -2.31. The highest BCUT2D eigenvalue weighted by Gasteiger charge is 2.33. The summed E-state index contributed by atoms with van der Waals surface area (Å²) < 4.78 is 26.9. The van der Waals surface area contributed by atoms with Crippen LogP contribution in [0.15, 0.2) is 53.7 Å². The van der Waals surface area contributed by atoms with Crippen molar-refractivity contribution in [3.63, 3.8) is 0 Å². The van der Waals surface area contributed by atoms with Gasteiger partial charge in [-0.1, -0.05) is 29.8 Å². The van der Waals surface area contributed by atoms with E-state index in [1.807, 2.05) is 6.92 Å². The number of aromatic nitrogens is 1. The molecule has 0 spiro atoms. The fourth-order valence-electron chi connectivity index (χ4n) is 3.25. The predicted octanol–water partition coefficient (Wildman–Crippen LogP) is 2.15. The average Bonchev–Trinajstić information content (AvgIpc) is 2.70. The van der Waals surface area contributed by atoms with Gasteiger partial charge in [-0.25, -0.2) is 8.42 Å². The zero-order valence-corrected chi connectivity index (χ0v) is 16.3. The first-order valence-corrected chi connectivity index (χ1v) is 10.6. The van der Waals surface area contributed by atoms with Gasteiger partial charge < -0.3 is 5.32 Å². The lowest BCUT2D eigenvalue weighted by Crippen LogP contribution is -2.45. The van der Waals surface area contributed by atoms with E-state index in [1.54, 1.807) is 12.3 Å². The van der Waals surface area contributed by atoms with Crippen molar-refractivity contribution in [2.45, 2.75) is 31.1 Å². The van der Waals surface area contributed by atoms with Gasteiger partial charge in [-0.2, -0.15) is 4.31 Å². The largest absolute Gasteiger partial charge is 0.355 e. The Labute approximate surface area is 160 Å². The van der Waals surface area contributed by atoms with Crippen LogP contribution in [0, 0.1) is 12.8 Å². The summed E-state index contributed by atoms with van der Waals surface area (Å²) >= 11 is 0. The molecule has 1 fully saturated rings. The number of hydrogen-bond acceptors (Lipinski definition) is 4. The molecule has 1 atom stereocenters. The third-order valence-electron chi connectivity index (χ3n) is 4.86. The van der Waals surface area contributed by atoms with E-state index in [4.69, 9.17) is 0 Å². The first-order valence-electron chi connectivity index (χ1n) is 9.20. The summed E-state index contributed by atoms with van der Waals surface area (Å²) in [4.78, 5) is 16.6. The predicted molar refractivity (Wildman–Crippen MR) is 104 cm³/mol. The maximum absolute atomic E-state index is 12.7. The summed E-state index contributed by atoms with van der Waals surface area (Å²) in [7, 11) is -3.61. The lowest BCUT2D eigenvalue weighted by molar-refractivity contribution is -0.126. The van der Waals surface area contributed by atoms with Gasteiger partial charge in [0.1, 0.15) is 4.90 Å². The first-order chi connectivity index (χ1) is 13.0. The van der Waals surface area contributed by atoms with E-state index in [2.05, 4.69) is 34.6 Å². The van der Waals surface area contributed by atoms with Crippen molar-refractivity contribution < 1.29 is 13.2 Å². The van der Waals surface area contributed by atoms with E-state index < -0.39 is 10.0 Å². The Kier molecular flexibility index (Phi) is 6.23. The molecule has 1 unspecified atom stereocenters. The molecule has 1 aliphatic heterocycles. The van der Waals surface area contributed by atoms with Crippen LogP contribution in [-0.2, 0) is 21.2 Å². The number of hydrogen-bond donors (Lipinski definition) is 1. The summed E-state index contributed by atoms with van der Waals surface area (Å²) in [6.07, 6.45) is 5.03. The molecule has 1 aliphatic rings. The Bertz CT molecular complexity index is 867. The number of aryl methyl sites for hydroxylation is 1. The number of piperidine rings is 1. The standard InChI is InChI=1S/C20H25N3O3S/c1-16-6-8-17(9-7-16)10-12-22-20(24)18-4-3-13-23(15-18)27(25,26)19-5-2-11-21-14-19/h2,5-9,11,14,18H,3-4,10,12-13,15H2,1H3,(H,22,24). The highest BCUT2D eigenvalue weighted by Crippen LogP contribution is 2.23. The van der Waals surface area contributed by atoms with E-state index in [9.17, 15) is 13.2 Å². The number of benzene rings is 1. The van der Waals surface area contributed by atoms with Crippen molar-refractivity contribution in [1.29, 1.82) is 0 Å². The van der Waals surface area contributed by atoms with Crippen LogP contribution in [0.3, 0.4) is 0 Å². The van der Waals surface area contributed by atoms with Crippen LogP contribution in [0.2, 0.25) is 0 Å². The molecular weight excluding hydrogens is 362 g/mol. The zero-order chi connectivity index (χ0) is 19.3. The number of rotatable bonds is 6. The molecule has 1 aromatic heterocycles. The SMILES string of the molecule is Cc1ccc(CCNC(=O)C2CCCN(S(=O)(=O)c3cccnc3)C2)cc1. The molecule has 0 radical (unpaired) electrons. The Morgan fingerprint density at radius 3 is 2.74 bits per heavy atom. The van der Waals surface area contributed by atoms with Crippen LogP contribution in [0.4, 0.5) is 0 Å². The quantitative estimate of drug-likeness (QED) is 0.824. The van der Waals surface area contributed by atoms with Crippen LogP contribution >= 0.6 is 0 Å². The van der Waals surface area contributed by atoms with Crippen LogP contribution in [-0.4, -0.2) is 43.2 Å². The summed E-state index contributed by atoms with van der Waals surface area (Å²) in [6.45, 7) is 3.24. The molecule has 1 aromatic carbocycles.